The summed E-state index contributed by atoms with van der Waals surface area (Å²) in [6, 6.07) is 6.22. The number of nitrogens with one attached hydrogen (secondary N) is 1. The van der Waals surface area contributed by atoms with Gasteiger partial charge in [0.25, 0.3) is 0 Å². The molecule has 4 heteroatoms. The first kappa shape index (κ1) is 16.7. The molecule has 2 rings (SSSR count). The number of carbonyl (C=O) groups is 1. The molecule has 1 aliphatic rings. The van der Waals surface area contributed by atoms with E-state index in [0.717, 1.165) is 50.9 Å². The number of hydrogen-bond acceptors (Lipinski definition) is 3. The summed E-state index contributed by atoms with van der Waals surface area (Å²) in [7, 11) is 0. The third-order valence-electron chi connectivity index (χ3n) is 4.16. The van der Waals surface area contributed by atoms with Gasteiger partial charge in [-0.2, -0.15) is 0 Å². The number of nitrogens with zero attached hydrogens (tertiary/aromatic N) is 2. The Morgan fingerprint density at radius 1 is 1.41 bits per heavy atom. The lowest BCUT2D eigenvalue weighted by Crippen LogP contribution is -2.40. The Hall–Kier alpha value is -1.68. The Balaban J connectivity index is 2.04. The molecule has 1 amide bonds. The summed E-state index contributed by atoms with van der Waals surface area (Å²) in [6.07, 6.45) is 9.29. The highest BCUT2D eigenvalue weighted by atomic mass is 16.2. The standard InChI is InChI=1S/C18H27N3O/c1-2-3-4-10-18(22)21(15-16-8-5-6-13-20-16)17-9-7-12-19-14-11-17/h2,5-6,8,13,17,19H,1,3-4,7,9-12,14-15H2. The van der Waals surface area contributed by atoms with Gasteiger partial charge in [-0.05, 0) is 57.3 Å². The van der Waals surface area contributed by atoms with Gasteiger partial charge in [-0.15, -0.1) is 6.58 Å². The average Bonchev–Trinajstić information content (AvgIpc) is 2.83. The molecule has 1 saturated heterocycles. The maximum Gasteiger partial charge on any atom is 0.223 e. The van der Waals surface area contributed by atoms with Crippen LogP contribution in [0, 0.1) is 0 Å². The number of aromatic nitrogens is 1. The van der Waals surface area contributed by atoms with Crippen molar-refractivity contribution in [2.75, 3.05) is 13.1 Å². The third-order valence-corrected chi connectivity index (χ3v) is 4.16. The molecule has 1 aliphatic heterocycles. The predicted octanol–water partition coefficient (Wildman–Crippen LogP) is 2.91. The first-order chi connectivity index (χ1) is 10.8. The van der Waals surface area contributed by atoms with Gasteiger partial charge in [0.2, 0.25) is 5.91 Å². The van der Waals surface area contributed by atoms with Gasteiger partial charge in [0, 0.05) is 18.7 Å². The van der Waals surface area contributed by atoms with Crippen molar-refractivity contribution in [3.05, 3.63) is 42.7 Å². The van der Waals surface area contributed by atoms with E-state index >= 15 is 0 Å². The van der Waals surface area contributed by atoms with Crippen LogP contribution in [0.5, 0.6) is 0 Å². The fraction of sp³-hybridized carbons (Fsp3) is 0.556. The summed E-state index contributed by atoms with van der Waals surface area (Å²) in [4.78, 5) is 19.1. The molecule has 0 radical (unpaired) electrons. The minimum Gasteiger partial charge on any atom is -0.334 e. The van der Waals surface area contributed by atoms with Crippen molar-refractivity contribution in [1.29, 1.82) is 0 Å². The molecule has 22 heavy (non-hydrogen) atoms. The molecular formula is C18H27N3O. The van der Waals surface area contributed by atoms with Gasteiger partial charge >= 0.3 is 0 Å². The molecule has 4 nitrogen and oxygen atoms in total. The molecule has 1 N–H and O–H groups in total. The third kappa shape index (κ3) is 5.26. The van der Waals surface area contributed by atoms with Gasteiger partial charge in [0.05, 0.1) is 12.2 Å². The lowest BCUT2D eigenvalue weighted by molar-refractivity contribution is -0.134. The van der Waals surface area contributed by atoms with Gasteiger partial charge in [-0.25, -0.2) is 0 Å². The van der Waals surface area contributed by atoms with Crippen LogP contribution in [-0.4, -0.2) is 34.9 Å². The first-order valence-electron chi connectivity index (χ1n) is 8.32. The fourth-order valence-electron chi connectivity index (χ4n) is 2.94. The van der Waals surface area contributed by atoms with Crippen LogP contribution in [0.1, 0.15) is 44.2 Å². The largest absolute Gasteiger partial charge is 0.334 e. The molecule has 1 aromatic rings. The number of hydrogen-bond donors (Lipinski definition) is 1. The highest BCUT2D eigenvalue weighted by molar-refractivity contribution is 5.76. The minimum atomic E-state index is 0.249. The van der Waals surface area contributed by atoms with Gasteiger partial charge < -0.3 is 10.2 Å². The lowest BCUT2D eigenvalue weighted by atomic mass is 10.1. The predicted molar refractivity (Wildman–Crippen MR) is 89.3 cm³/mol. The molecule has 0 spiro atoms. The molecule has 0 bridgehead atoms. The Labute approximate surface area is 133 Å². The van der Waals surface area contributed by atoms with E-state index in [1.165, 1.54) is 0 Å². The summed E-state index contributed by atoms with van der Waals surface area (Å²) in [5, 5.41) is 3.42. The number of allylic oxidation sites excluding steroid dienone is 1. The second-order valence-electron chi connectivity index (χ2n) is 5.86. The summed E-state index contributed by atoms with van der Waals surface area (Å²) >= 11 is 0. The summed E-state index contributed by atoms with van der Waals surface area (Å²) in [5.74, 6) is 0.249. The minimum absolute atomic E-state index is 0.249. The maximum atomic E-state index is 12.7. The van der Waals surface area contributed by atoms with E-state index in [-0.39, 0.29) is 5.91 Å². The first-order valence-corrected chi connectivity index (χ1v) is 8.32. The van der Waals surface area contributed by atoms with Crippen LogP contribution in [-0.2, 0) is 11.3 Å². The fourth-order valence-corrected chi connectivity index (χ4v) is 2.94. The molecule has 0 aliphatic carbocycles. The molecular weight excluding hydrogens is 274 g/mol. The zero-order valence-electron chi connectivity index (χ0n) is 13.3. The Bertz CT molecular complexity index is 453. The van der Waals surface area contributed by atoms with E-state index in [9.17, 15) is 4.79 Å². The molecule has 1 atom stereocenters. The number of pyridine rings is 1. The van der Waals surface area contributed by atoms with E-state index in [0.29, 0.717) is 19.0 Å². The van der Waals surface area contributed by atoms with Crippen LogP contribution in [0.3, 0.4) is 0 Å². The molecule has 1 unspecified atom stereocenters. The lowest BCUT2D eigenvalue weighted by Gasteiger charge is -2.31. The second-order valence-corrected chi connectivity index (χ2v) is 5.86. The zero-order chi connectivity index (χ0) is 15.6. The highest BCUT2D eigenvalue weighted by Crippen LogP contribution is 2.18. The SMILES string of the molecule is C=CCCCC(=O)N(Cc1ccccn1)C1CCCNCC1. The van der Waals surface area contributed by atoms with Crippen LogP contribution < -0.4 is 5.32 Å². The molecule has 2 heterocycles. The van der Waals surface area contributed by atoms with Crippen molar-refractivity contribution in [1.82, 2.24) is 15.2 Å². The van der Waals surface area contributed by atoms with E-state index in [1.807, 2.05) is 24.3 Å². The second kappa shape index (κ2) is 9.36. The highest BCUT2D eigenvalue weighted by Gasteiger charge is 2.24. The Kier molecular flexibility index (Phi) is 7.10. The summed E-state index contributed by atoms with van der Waals surface area (Å²) < 4.78 is 0. The number of amides is 1. The normalized spacial score (nSPS) is 18.5. The van der Waals surface area contributed by atoms with Crippen LogP contribution in [0.4, 0.5) is 0 Å². The molecule has 0 aromatic carbocycles. The van der Waals surface area contributed by atoms with Crippen molar-refractivity contribution in [3.8, 4) is 0 Å². The number of unbranched alkanes of at least 4 members (excludes halogenated alkanes) is 1. The molecule has 0 saturated carbocycles. The van der Waals surface area contributed by atoms with Crippen molar-refractivity contribution in [3.63, 3.8) is 0 Å². The van der Waals surface area contributed by atoms with E-state index < -0.39 is 0 Å². The number of carbonyl (C=O) groups excluding carboxylic acids is 1. The van der Waals surface area contributed by atoms with Crippen LogP contribution >= 0.6 is 0 Å². The van der Waals surface area contributed by atoms with Crippen molar-refractivity contribution < 1.29 is 4.79 Å². The Morgan fingerprint density at radius 2 is 2.32 bits per heavy atom. The monoisotopic (exact) mass is 301 g/mol. The smallest absolute Gasteiger partial charge is 0.223 e. The topological polar surface area (TPSA) is 45.2 Å². The number of rotatable bonds is 7. The van der Waals surface area contributed by atoms with Crippen LogP contribution in [0.25, 0.3) is 0 Å². The van der Waals surface area contributed by atoms with Gasteiger partial charge in [-0.1, -0.05) is 12.1 Å². The van der Waals surface area contributed by atoms with Crippen molar-refractivity contribution in [2.45, 2.75) is 51.1 Å². The molecule has 120 valence electrons. The van der Waals surface area contributed by atoms with Crippen LogP contribution in [0.15, 0.2) is 37.1 Å². The van der Waals surface area contributed by atoms with E-state index in [4.69, 9.17) is 0 Å². The van der Waals surface area contributed by atoms with Crippen molar-refractivity contribution >= 4 is 5.91 Å². The van der Waals surface area contributed by atoms with Crippen molar-refractivity contribution in [2.24, 2.45) is 0 Å². The zero-order valence-corrected chi connectivity index (χ0v) is 13.3. The van der Waals surface area contributed by atoms with E-state index in [1.54, 1.807) is 6.20 Å². The maximum absolute atomic E-state index is 12.7. The van der Waals surface area contributed by atoms with Gasteiger partial charge in [0.1, 0.15) is 0 Å². The van der Waals surface area contributed by atoms with Gasteiger partial charge in [-0.3, -0.25) is 9.78 Å². The van der Waals surface area contributed by atoms with Crippen LogP contribution in [0.2, 0.25) is 0 Å². The molecule has 1 aromatic heterocycles. The summed E-state index contributed by atoms with van der Waals surface area (Å²) in [5.41, 5.74) is 0.969. The Morgan fingerprint density at radius 3 is 3.09 bits per heavy atom. The van der Waals surface area contributed by atoms with E-state index in [2.05, 4.69) is 21.8 Å². The quantitative estimate of drug-likeness (QED) is 0.622. The van der Waals surface area contributed by atoms with Gasteiger partial charge in [0.15, 0.2) is 0 Å². The summed E-state index contributed by atoms with van der Waals surface area (Å²) in [6.45, 7) is 6.40. The average molecular weight is 301 g/mol. The molecule has 1 fully saturated rings.